The number of sulfonamides is 1. The molecule has 1 heterocycles. The number of benzene rings is 1. The van der Waals surface area contributed by atoms with Crippen molar-refractivity contribution in [3.63, 3.8) is 0 Å². The Labute approximate surface area is 114 Å². The Bertz CT molecular complexity index is 495. The largest absolute Gasteiger partial charge is 0.315 e. The Morgan fingerprint density at radius 2 is 2.24 bits per heavy atom. The predicted octanol–water partition coefficient (Wildman–Crippen LogP) is 1.74. The van der Waals surface area contributed by atoms with Crippen LogP contribution < -0.4 is 10.0 Å². The lowest BCUT2D eigenvalue weighted by Crippen LogP contribution is -2.36. The van der Waals surface area contributed by atoms with E-state index < -0.39 is 10.0 Å². The molecule has 4 nitrogen and oxygen atoms in total. The summed E-state index contributed by atoms with van der Waals surface area (Å²) in [5, 5.41) is 3.32. The molecule has 17 heavy (non-hydrogen) atoms. The summed E-state index contributed by atoms with van der Waals surface area (Å²) < 4.78 is 27.5. The number of hydrogen-bond donors (Lipinski definition) is 2. The van der Waals surface area contributed by atoms with E-state index in [2.05, 4.69) is 26.0 Å². The molecule has 0 bridgehead atoms. The fraction of sp³-hybridized carbons (Fsp3) is 0.400. The van der Waals surface area contributed by atoms with Crippen LogP contribution in [0.1, 0.15) is 6.42 Å². The van der Waals surface area contributed by atoms with Gasteiger partial charge in [-0.3, -0.25) is 0 Å². The van der Waals surface area contributed by atoms with Gasteiger partial charge >= 0.3 is 0 Å². The third-order valence-electron chi connectivity index (χ3n) is 2.57. The van der Waals surface area contributed by atoms with Crippen molar-refractivity contribution in [2.45, 2.75) is 17.4 Å². The van der Waals surface area contributed by atoms with Crippen molar-refractivity contribution in [3.8, 4) is 0 Å². The molecule has 0 spiro atoms. The summed E-state index contributed by atoms with van der Waals surface area (Å²) in [6.45, 7) is 1.48. The molecule has 1 aromatic carbocycles. The summed E-state index contributed by atoms with van der Waals surface area (Å²) in [7, 11) is -3.57. The second-order valence-corrected chi connectivity index (χ2v) is 6.77. The summed E-state index contributed by atoms with van der Waals surface area (Å²) in [4.78, 5) is 0.105. The van der Waals surface area contributed by atoms with Crippen LogP contribution in [0.15, 0.2) is 27.6 Å². The van der Waals surface area contributed by atoms with E-state index in [1.54, 1.807) is 18.2 Å². The summed E-state index contributed by atoms with van der Waals surface area (Å²) in [5.41, 5.74) is 0. The Morgan fingerprint density at radius 3 is 2.82 bits per heavy atom. The fourth-order valence-electron chi connectivity index (χ4n) is 1.77. The minimum absolute atomic E-state index is 0.0665. The molecule has 1 atom stereocenters. The lowest BCUT2D eigenvalue weighted by molar-refractivity contribution is 0.560. The van der Waals surface area contributed by atoms with Crippen LogP contribution in [-0.4, -0.2) is 27.5 Å². The average molecular weight is 340 g/mol. The summed E-state index contributed by atoms with van der Waals surface area (Å²) in [6.07, 6.45) is 0.793. The van der Waals surface area contributed by atoms with Crippen molar-refractivity contribution >= 4 is 37.6 Å². The summed E-state index contributed by atoms with van der Waals surface area (Å²) in [5.74, 6) is 0. The molecule has 1 saturated heterocycles. The molecule has 0 aliphatic carbocycles. The van der Waals surface area contributed by atoms with Crippen LogP contribution in [0.25, 0.3) is 0 Å². The van der Waals surface area contributed by atoms with E-state index in [0.717, 1.165) is 13.0 Å². The van der Waals surface area contributed by atoms with Crippen LogP contribution in [0.5, 0.6) is 0 Å². The van der Waals surface area contributed by atoms with Gasteiger partial charge < -0.3 is 5.32 Å². The highest BCUT2D eigenvalue weighted by atomic mass is 79.9. The van der Waals surface area contributed by atoms with Crippen molar-refractivity contribution in [3.05, 3.63) is 27.7 Å². The normalized spacial score (nSPS) is 20.7. The van der Waals surface area contributed by atoms with Crippen LogP contribution in [-0.2, 0) is 10.0 Å². The SMILES string of the molecule is O=S(=O)(N[C@@H]1CCNC1)c1c(Cl)cccc1Br. The molecule has 1 aromatic rings. The van der Waals surface area contributed by atoms with E-state index in [1.807, 2.05) is 0 Å². The van der Waals surface area contributed by atoms with Gasteiger partial charge in [0.25, 0.3) is 0 Å². The monoisotopic (exact) mass is 338 g/mol. The van der Waals surface area contributed by atoms with Gasteiger partial charge in [-0.2, -0.15) is 0 Å². The van der Waals surface area contributed by atoms with Gasteiger partial charge in [-0.15, -0.1) is 0 Å². The molecule has 0 aromatic heterocycles. The van der Waals surface area contributed by atoms with Gasteiger partial charge in [0.2, 0.25) is 10.0 Å². The Hall–Kier alpha value is -0.140. The number of nitrogens with one attached hydrogen (secondary N) is 2. The van der Waals surface area contributed by atoms with Crippen LogP contribution in [0, 0.1) is 0 Å². The predicted molar refractivity (Wildman–Crippen MR) is 70.7 cm³/mol. The second-order valence-electron chi connectivity index (χ2n) is 3.86. The first-order valence-corrected chi connectivity index (χ1v) is 7.83. The van der Waals surface area contributed by atoms with Gasteiger partial charge in [-0.05, 0) is 41.0 Å². The highest BCUT2D eigenvalue weighted by Gasteiger charge is 2.26. The van der Waals surface area contributed by atoms with Gasteiger partial charge in [0.05, 0.1) is 5.02 Å². The molecule has 1 fully saturated rings. The van der Waals surface area contributed by atoms with E-state index in [-0.39, 0.29) is 16.0 Å². The standard InChI is InChI=1S/C10H12BrClN2O2S/c11-8-2-1-3-9(12)10(8)17(15,16)14-7-4-5-13-6-7/h1-3,7,13-14H,4-6H2/t7-/m1/s1. The van der Waals surface area contributed by atoms with Crippen LogP contribution in [0.4, 0.5) is 0 Å². The Balaban J connectivity index is 2.31. The minimum atomic E-state index is -3.57. The minimum Gasteiger partial charge on any atom is -0.315 e. The second kappa shape index (κ2) is 5.24. The smallest absolute Gasteiger partial charge is 0.243 e. The van der Waals surface area contributed by atoms with Crippen LogP contribution in [0.2, 0.25) is 5.02 Å². The van der Waals surface area contributed by atoms with Gasteiger partial charge in [0, 0.05) is 17.1 Å². The van der Waals surface area contributed by atoms with Crippen LogP contribution >= 0.6 is 27.5 Å². The Morgan fingerprint density at radius 1 is 1.47 bits per heavy atom. The highest BCUT2D eigenvalue weighted by molar-refractivity contribution is 9.10. The third kappa shape index (κ3) is 3.00. The molecule has 0 unspecified atom stereocenters. The molecule has 2 rings (SSSR count). The van der Waals surface area contributed by atoms with Crippen molar-refractivity contribution in [1.82, 2.24) is 10.0 Å². The molecule has 94 valence electrons. The first-order valence-electron chi connectivity index (χ1n) is 5.18. The fourth-order valence-corrected chi connectivity index (χ4v) is 4.78. The van der Waals surface area contributed by atoms with E-state index in [9.17, 15) is 8.42 Å². The lowest BCUT2D eigenvalue weighted by atomic mass is 10.3. The molecule has 0 radical (unpaired) electrons. The van der Waals surface area contributed by atoms with E-state index in [1.165, 1.54) is 0 Å². The maximum absolute atomic E-state index is 12.2. The summed E-state index contributed by atoms with van der Waals surface area (Å²) in [6, 6.07) is 4.85. The molecular weight excluding hydrogens is 328 g/mol. The molecule has 1 aliphatic rings. The van der Waals surface area contributed by atoms with Crippen molar-refractivity contribution < 1.29 is 8.42 Å². The molecular formula is C10H12BrClN2O2S. The van der Waals surface area contributed by atoms with E-state index >= 15 is 0 Å². The van der Waals surface area contributed by atoms with Gasteiger partial charge in [0.1, 0.15) is 4.90 Å². The summed E-state index contributed by atoms with van der Waals surface area (Å²) >= 11 is 9.15. The maximum atomic E-state index is 12.2. The zero-order chi connectivity index (χ0) is 12.5. The number of rotatable bonds is 3. The van der Waals surface area contributed by atoms with E-state index in [0.29, 0.717) is 11.0 Å². The number of halogens is 2. The molecule has 7 heteroatoms. The first kappa shape index (κ1) is 13.3. The van der Waals surface area contributed by atoms with E-state index in [4.69, 9.17) is 11.6 Å². The van der Waals surface area contributed by atoms with Crippen molar-refractivity contribution in [2.24, 2.45) is 0 Å². The average Bonchev–Trinajstić information content (AvgIpc) is 2.68. The maximum Gasteiger partial charge on any atom is 0.243 e. The topological polar surface area (TPSA) is 58.2 Å². The Kier molecular flexibility index (Phi) is 4.10. The zero-order valence-electron chi connectivity index (χ0n) is 8.91. The van der Waals surface area contributed by atoms with Gasteiger partial charge in [-0.25, -0.2) is 13.1 Å². The lowest BCUT2D eigenvalue weighted by Gasteiger charge is -2.14. The van der Waals surface area contributed by atoms with Crippen molar-refractivity contribution in [1.29, 1.82) is 0 Å². The first-order chi connectivity index (χ1) is 8.00. The van der Waals surface area contributed by atoms with Gasteiger partial charge in [0.15, 0.2) is 0 Å². The molecule has 0 amide bonds. The molecule has 1 aliphatic heterocycles. The quantitative estimate of drug-likeness (QED) is 0.882. The van der Waals surface area contributed by atoms with Crippen molar-refractivity contribution in [2.75, 3.05) is 13.1 Å². The molecule has 0 saturated carbocycles. The van der Waals surface area contributed by atoms with Crippen LogP contribution in [0.3, 0.4) is 0 Å². The third-order valence-corrected chi connectivity index (χ3v) is 5.54. The zero-order valence-corrected chi connectivity index (χ0v) is 12.1. The van der Waals surface area contributed by atoms with Gasteiger partial charge in [-0.1, -0.05) is 17.7 Å². The highest BCUT2D eigenvalue weighted by Crippen LogP contribution is 2.29. The number of hydrogen-bond acceptors (Lipinski definition) is 3. The molecule has 2 N–H and O–H groups in total.